The quantitative estimate of drug-likeness (QED) is 0.749. The van der Waals surface area contributed by atoms with Gasteiger partial charge in [-0.2, -0.15) is 0 Å². The highest BCUT2D eigenvalue weighted by atomic mass is 16.5. The summed E-state index contributed by atoms with van der Waals surface area (Å²) < 4.78 is 12.4. The third-order valence-electron chi connectivity index (χ3n) is 4.55. The fraction of sp³-hybridized carbons (Fsp3) is 0.450. The van der Waals surface area contributed by atoms with Crippen LogP contribution in [0.3, 0.4) is 0 Å². The lowest BCUT2D eigenvalue weighted by molar-refractivity contribution is 0.0927. The normalized spacial score (nSPS) is 10.8. The van der Waals surface area contributed by atoms with Gasteiger partial charge in [-0.15, -0.1) is 0 Å². The summed E-state index contributed by atoms with van der Waals surface area (Å²) in [5, 5.41) is 2.94. The lowest BCUT2D eigenvalue weighted by Crippen LogP contribution is -2.29. The predicted octanol–water partition coefficient (Wildman–Crippen LogP) is 3.10. The van der Waals surface area contributed by atoms with Crippen molar-refractivity contribution in [1.82, 2.24) is 9.88 Å². The van der Waals surface area contributed by atoms with Gasteiger partial charge in [-0.05, 0) is 49.1 Å². The number of rotatable bonds is 8. The summed E-state index contributed by atoms with van der Waals surface area (Å²) in [6.07, 6.45) is 0.904. The van der Waals surface area contributed by atoms with Gasteiger partial charge in [0.05, 0.1) is 13.7 Å². The van der Waals surface area contributed by atoms with Crippen molar-refractivity contribution < 1.29 is 14.3 Å². The minimum Gasteiger partial charge on any atom is -0.497 e. The molecule has 1 heterocycles. The van der Waals surface area contributed by atoms with Gasteiger partial charge in [-0.25, -0.2) is 0 Å². The van der Waals surface area contributed by atoms with Crippen molar-refractivity contribution in [3.05, 3.63) is 52.3 Å². The van der Waals surface area contributed by atoms with Crippen LogP contribution in [0.2, 0.25) is 0 Å². The zero-order valence-corrected chi connectivity index (χ0v) is 15.8. The van der Waals surface area contributed by atoms with E-state index >= 15 is 0 Å². The number of hydrogen-bond donors (Lipinski definition) is 1. The molecule has 1 amide bonds. The van der Waals surface area contributed by atoms with E-state index < -0.39 is 0 Å². The van der Waals surface area contributed by atoms with Gasteiger partial charge < -0.3 is 19.4 Å². The minimum absolute atomic E-state index is 0.0553. The standard InChI is InChI=1S/C20H28N2O3/c1-6-18-14(2)19(20(23)21-10-11-24-4)22(15(18)3)13-16-8-7-9-17(12-16)25-5/h7-9,12H,6,10-11,13H2,1-5H3,(H,21,23). The van der Waals surface area contributed by atoms with Gasteiger partial charge in [-0.1, -0.05) is 19.1 Å². The first-order valence-electron chi connectivity index (χ1n) is 8.62. The highest BCUT2D eigenvalue weighted by Crippen LogP contribution is 2.25. The molecule has 0 aliphatic rings. The molecular weight excluding hydrogens is 316 g/mol. The maximum absolute atomic E-state index is 12.7. The van der Waals surface area contributed by atoms with Crippen LogP contribution in [0.25, 0.3) is 0 Å². The molecule has 5 nitrogen and oxygen atoms in total. The summed E-state index contributed by atoms with van der Waals surface area (Å²) in [4.78, 5) is 12.7. The molecule has 0 atom stereocenters. The van der Waals surface area contributed by atoms with Gasteiger partial charge in [0, 0.05) is 25.9 Å². The molecule has 5 heteroatoms. The SMILES string of the molecule is CCc1c(C)c(C(=O)NCCOC)n(Cc2cccc(OC)c2)c1C. The van der Waals surface area contributed by atoms with Gasteiger partial charge in [0.15, 0.2) is 0 Å². The van der Waals surface area contributed by atoms with E-state index in [0.29, 0.717) is 19.7 Å². The molecule has 2 aromatic rings. The predicted molar refractivity (Wildman–Crippen MR) is 99.6 cm³/mol. The molecule has 0 saturated carbocycles. The second-order valence-electron chi connectivity index (χ2n) is 6.08. The second-order valence-corrected chi connectivity index (χ2v) is 6.08. The summed E-state index contributed by atoms with van der Waals surface area (Å²) >= 11 is 0. The van der Waals surface area contributed by atoms with Crippen LogP contribution in [-0.4, -0.2) is 37.8 Å². The van der Waals surface area contributed by atoms with Crippen molar-refractivity contribution in [3.8, 4) is 5.75 Å². The van der Waals surface area contributed by atoms with E-state index in [1.807, 2.05) is 25.1 Å². The summed E-state index contributed by atoms with van der Waals surface area (Å²) in [6.45, 7) is 7.87. The summed E-state index contributed by atoms with van der Waals surface area (Å²) in [7, 11) is 3.29. The lowest BCUT2D eigenvalue weighted by Gasteiger charge is -2.13. The number of methoxy groups -OCH3 is 2. The number of amides is 1. The molecule has 0 aliphatic heterocycles. The molecular formula is C20H28N2O3. The van der Waals surface area contributed by atoms with E-state index in [9.17, 15) is 4.79 Å². The first-order chi connectivity index (χ1) is 12.0. The smallest absolute Gasteiger partial charge is 0.268 e. The van der Waals surface area contributed by atoms with Gasteiger partial charge in [0.1, 0.15) is 11.4 Å². The maximum atomic E-state index is 12.7. The van der Waals surface area contributed by atoms with Crippen molar-refractivity contribution in [2.75, 3.05) is 27.4 Å². The van der Waals surface area contributed by atoms with Crippen LogP contribution in [0.15, 0.2) is 24.3 Å². The Balaban J connectivity index is 2.39. The summed E-state index contributed by atoms with van der Waals surface area (Å²) in [6, 6.07) is 7.95. The molecule has 25 heavy (non-hydrogen) atoms. The third kappa shape index (κ3) is 4.23. The molecule has 1 aromatic heterocycles. The van der Waals surface area contributed by atoms with E-state index in [1.54, 1.807) is 14.2 Å². The highest BCUT2D eigenvalue weighted by Gasteiger charge is 2.21. The van der Waals surface area contributed by atoms with Gasteiger partial charge >= 0.3 is 0 Å². The Labute approximate surface area is 149 Å². The highest BCUT2D eigenvalue weighted by molar-refractivity contribution is 5.95. The molecule has 0 radical (unpaired) electrons. The fourth-order valence-corrected chi connectivity index (χ4v) is 3.26. The largest absolute Gasteiger partial charge is 0.497 e. The molecule has 1 N–H and O–H groups in total. The van der Waals surface area contributed by atoms with Gasteiger partial charge in [0.25, 0.3) is 5.91 Å². The first kappa shape index (κ1) is 19.1. The summed E-state index contributed by atoms with van der Waals surface area (Å²) in [5.74, 6) is 0.765. The average molecular weight is 344 g/mol. The molecule has 0 bridgehead atoms. The van der Waals surface area contributed by atoms with Crippen LogP contribution in [-0.2, 0) is 17.7 Å². The van der Waals surface area contributed by atoms with Crippen LogP contribution in [0, 0.1) is 13.8 Å². The molecule has 0 saturated heterocycles. The fourth-order valence-electron chi connectivity index (χ4n) is 3.26. The number of benzene rings is 1. The van der Waals surface area contributed by atoms with Crippen LogP contribution < -0.4 is 10.1 Å². The molecule has 0 unspecified atom stereocenters. The van der Waals surface area contributed by atoms with E-state index in [0.717, 1.165) is 34.7 Å². The molecule has 2 rings (SSSR count). The molecule has 0 aliphatic carbocycles. The summed E-state index contributed by atoms with van der Waals surface area (Å²) in [5.41, 5.74) is 5.26. The zero-order chi connectivity index (χ0) is 18.4. The van der Waals surface area contributed by atoms with E-state index in [1.165, 1.54) is 5.56 Å². The molecule has 0 fully saturated rings. The maximum Gasteiger partial charge on any atom is 0.268 e. The monoisotopic (exact) mass is 344 g/mol. The number of ether oxygens (including phenoxy) is 2. The van der Waals surface area contributed by atoms with Crippen LogP contribution in [0.4, 0.5) is 0 Å². The molecule has 1 aromatic carbocycles. The molecule has 0 spiro atoms. The zero-order valence-electron chi connectivity index (χ0n) is 15.8. The third-order valence-corrected chi connectivity index (χ3v) is 4.55. The Kier molecular flexibility index (Phi) is 6.65. The van der Waals surface area contributed by atoms with Crippen molar-refractivity contribution in [2.24, 2.45) is 0 Å². The van der Waals surface area contributed by atoms with E-state index in [-0.39, 0.29) is 5.91 Å². The van der Waals surface area contributed by atoms with Crippen LogP contribution in [0.1, 0.15) is 39.8 Å². The topological polar surface area (TPSA) is 52.5 Å². The van der Waals surface area contributed by atoms with Crippen molar-refractivity contribution in [3.63, 3.8) is 0 Å². The van der Waals surface area contributed by atoms with Gasteiger partial charge in [0.2, 0.25) is 0 Å². The number of nitrogens with zero attached hydrogens (tertiary/aromatic N) is 1. The number of hydrogen-bond acceptors (Lipinski definition) is 3. The Morgan fingerprint density at radius 1 is 1.24 bits per heavy atom. The lowest BCUT2D eigenvalue weighted by atomic mass is 10.1. The van der Waals surface area contributed by atoms with Crippen LogP contribution >= 0.6 is 0 Å². The number of carbonyl (C=O) groups excluding carboxylic acids is 1. The number of carbonyl (C=O) groups is 1. The van der Waals surface area contributed by atoms with Gasteiger partial charge in [-0.3, -0.25) is 4.79 Å². The molecule has 136 valence electrons. The van der Waals surface area contributed by atoms with Crippen LogP contribution in [0.5, 0.6) is 5.75 Å². The Morgan fingerprint density at radius 3 is 2.64 bits per heavy atom. The number of nitrogens with one attached hydrogen (secondary N) is 1. The first-order valence-corrected chi connectivity index (χ1v) is 8.62. The second kappa shape index (κ2) is 8.72. The Hall–Kier alpha value is -2.27. The minimum atomic E-state index is -0.0553. The van der Waals surface area contributed by atoms with Crippen molar-refractivity contribution >= 4 is 5.91 Å². The Morgan fingerprint density at radius 2 is 2.00 bits per heavy atom. The number of aromatic nitrogens is 1. The van der Waals surface area contributed by atoms with Crippen molar-refractivity contribution in [2.45, 2.75) is 33.7 Å². The van der Waals surface area contributed by atoms with E-state index in [4.69, 9.17) is 9.47 Å². The Bertz CT molecular complexity index is 735. The average Bonchev–Trinajstić information content (AvgIpc) is 2.85. The van der Waals surface area contributed by atoms with Crippen molar-refractivity contribution in [1.29, 1.82) is 0 Å². The van der Waals surface area contributed by atoms with E-state index in [2.05, 4.69) is 29.8 Å².